The zero-order chi connectivity index (χ0) is 7.56. The molecule has 1 saturated carbocycles. The number of carbonyl (C=O) groups is 1. The highest BCUT2D eigenvalue weighted by Gasteiger charge is 2.30. The Hall–Kier alpha value is -0.770. The molecule has 0 unspecified atom stereocenters. The molecule has 4 N–H and O–H groups in total. The van der Waals surface area contributed by atoms with Gasteiger partial charge in [0, 0.05) is 19.1 Å². The number of amides is 2. The van der Waals surface area contributed by atoms with E-state index in [1.807, 2.05) is 0 Å². The van der Waals surface area contributed by atoms with Crippen molar-refractivity contribution in [3.8, 4) is 0 Å². The smallest absolute Gasteiger partial charge is 0.315 e. The molecule has 4 nitrogen and oxygen atoms in total. The molecule has 0 radical (unpaired) electrons. The van der Waals surface area contributed by atoms with E-state index in [0.29, 0.717) is 19.1 Å². The van der Waals surface area contributed by atoms with Crippen molar-refractivity contribution in [2.45, 2.75) is 18.9 Å². The molecule has 58 valence electrons. The fourth-order valence-electron chi connectivity index (χ4n) is 0.998. The Morgan fingerprint density at radius 2 is 2.20 bits per heavy atom. The van der Waals surface area contributed by atoms with Crippen molar-refractivity contribution in [1.29, 1.82) is 0 Å². The van der Waals surface area contributed by atoms with Crippen molar-refractivity contribution >= 4 is 6.03 Å². The first kappa shape index (κ1) is 7.34. The molecule has 0 aromatic carbocycles. The summed E-state index contributed by atoms with van der Waals surface area (Å²) in [5, 5.41) is 0. The fraction of sp³-hybridized carbons (Fsp3) is 0.833. The molecule has 10 heavy (non-hydrogen) atoms. The summed E-state index contributed by atoms with van der Waals surface area (Å²) in [6.07, 6.45) is 2.17. The van der Waals surface area contributed by atoms with E-state index < -0.39 is 0 Å². The van der Waals surface area contributed by atoms with Gasteiger partial charge in [0.25, 0.3) is 0 Å². The lowest BCUT2D eigenvalue weighted by atomic mass is 10.5. The second kappa shape index (κ2) is 2.88. The Bertz CT molecular complexity index is 133. The summed E-state index contributed by atoms with van der Waals surface area (Å²) < 4.78 is 0. The highest BCUT2D eigenvalue weighted by Crippen LogP contribution is 2.25. The Kier molecular flexibility index (Phi) is 2.11. The van der Waals surface area contributed by atoms with Gasteiger partial charge in [-0.25, -0.2) is 4.79 Å². The van der Waals surface area contributed by atoms with Crippen molar-refractivity contribution in [3.63, 3.8) is 0 Å². The first-order chi connectivity index (χ1) is 4.75. The topological polar surface area (TPSA) is 72.3 Å². The van der Waals surface area contributed by atoms with E-state index in [2.05, 4.69) is 0 Å². The summed E-state index contributed by atoms with van der Waals surface area (Å²) >= 11 is 0. The lowest BCUT2D eigenvalue weighted by Gasteiger charge is -2.17. The van der Waals surface area contributed by atoms with Crippen molar-refractivity contribution in [3.05, 3.63) is 0 Å². The second-order valence-electron chi connectivity index (χ2n) is 2.55. The first-order valence-electron chi connectivity index (χ1n) is 3.52. The number of nitrogens with zero attached hydrogens (tertiary/aromatic N) is 1. The average molecular weight is 143 g/mol. The van der Waals surface area contributed by atoms with Crippen LogP contribution in [0.5, 0.6) is 0 Å². The third-order valence-corrected chi connectivity index (χ3v) is 1.64. The molecule has 0 aliphatic heterocycles. The van der Waals surface area contributed by atoms with Gasteiger partial charge in [-0.1, -0.05) is 0 Å². The van der Waals surface area contributed by atoms with Crippen LogP contribution in [0.2, 0.25) is 0 Å². The van der Waals surface area contributed by atoms with E-state index in [4.69, 9.17) is 11.5 Å². The maximum Gasteiger partial charge on any atom is 0.315 e. The van der Waals surface area contributed by atoms with Gasteiger partial charge in [-0.3, -0.25) is 0 Å². The van der Waals surface area contributed by atoms with Crippen LogP contribution in [0.4, 0.5) is 4.79 Å². The molecule has 2 amide bonds. The predicted octanol–water partition coefficient (Wildman–Crippen LogP) is -0.512. The van der Waals surface area contributed by atoms with Gasteiger partial charge in [0.15, 0.2) is 0 Å². The van der Waals surface area contributed by atoms with Gasteiger partial charge in [-0.15, -0.1) is 0 Å². The maximum atomic E-state index is 10.7. The number of rotatable bonds is 3. The van der Waals surface area contributed by atoms with Gasteiger partial charge in [0.1, 0.15) is 0 Å². The molecule has 0 spiro atoms. The van der Waals surface area contributed by atoms with Crippen LogP contribution in [0.3, 0.4) is 0 Å². The Morgan fingerprint density at radius 1 is 1.60 bits per heavy atom. The summed E-state index contributed by atoms with van der Waals surface area (Å²) in [6, 6.07) is 0.0500. The van der Waals surface area contributed by atoms with Crippen molar-refractivity contribution in [2.24, 2.45) is 11.5 Å². The molecule has 1 fully saturated rings. The molecule has 0 atom stereocenters. The highest BCUT2D eigenvalue weighted by atomic mass is 16.2. The minimum Gasteiger partial charge on any atom is -0.351 e. The summed E-state index contributed by atoms with van der Waals surface area (Å²) in [5.41, 5.74) is 10.4. The van der Waals surface area contributed by atoms with Crippen molar-refractivity contribution in [1.82, 2.24) is 4.90 Å². The van der Waals surface area contributed by atoms with Gasteiger partial charge in [-0.2, -0.15) is 0 Å². The summed E-state index contributed by atoms with van der Waals surface area (Å²) in [7, 11) is 0. The molecule has 0 bridgehead atoms. The zero-order valence-corrected chi connectivity index (χ0v) is 5.92. The molecule has 1 aliphatic carbocycles. The number of hydrogen-bond acceptors (Lipinski definition) is 2. The lowest BCUT2D eigenvalue weighted by Crippen LogP contribution is -2.40. The number of primary amides is 1. The molecular weight excluding hydrogens is 130 g/mol. The van der Waals surface area contributed by atoms with E-state index in [1.165, 1.54) is 0 Å². The number of hydrogen-bond donors (Lipinski definition) is 2. The van der Waals surface area contributed by atoms with Crippen LogP contribution in [0.1, 0.15) is 12.8 Å². The predicted molar refractivity (Wildman–Crippen MR) is 38.4 cm³/mol. The van der Waals surface area contributed by atoms with E-state index >= 15 is 0 Å². The van der Waals surface area contributed by atoms with E-state index in [0.717, 1.165) is 12.8 Å². The fourth-order valence-corrected chi connectivity index (χ4v) is 0.998. The molecule has 0 aromatic heterocycles. The monoisotopic (exact) mass is 143 g/mol. The number of nitrogens with two attached hydrogens (primary N) is 2. The van der Waals surface area contributed by atoms with Crippen LogP contribution in [-0.4, -0.2) is 30.1 Å². The van der Waals surface area contributed by atoms with Crippen LogP contribution < -0.4 is 11.5 Å². The van der Waals surface area contributed by atoms with Crippen molar-refractivity contribution < 1.29 is 4.79 Å². The van der Waals surface area contributed by atoms with E-state index in [1.54, 1.807) is 4.90 Å². The molecule has 0 aromatic rings. The SMILES string of the molecule is NCCN(C(N)=O)C1CC1. The molecule has 1 rings (SSSR count). The van der Waals surface area contributed by atoms with E-state index in [9.17, 15) is 4.79 Å². The van der Waals surface area contributed by atoms with Gasteiger partial charge >= 0.3 is 6.03 Å². The first-order valence-corrected chi connectivity index (χ1v) is 3.52. The molecule has 0 heterocycles. The van der Waals surface area contributed by atoms with Crippen LogP contribution in [0, 0.1) is 0 Å². The van der Waals surface area contributed by atoms with Crippen LogP contribution in [-0.2, 0) is 0 Å². The standard InChI is InChI=1S/C6H13N3O/c7-3-4-9(6(8)10)5-1-2-5/h5H,1-4,7H2,(H2,8,10). The van der Waals surface area contributed by atoms with Gasteiger partial charge < -0.3 is 16.4 Å². The number of urea groups is 1. The van der Waals surface area contributed by atoms with Crippen LogP contribution >= 0.6 is 0 Å². The third kappa shape index (κ3) is 1.60. The number of carbonyl (C=O) groups excluding carboxylic acids is 1. The Balaban J connectivity index is 2.34. The van der Waals surface area contributed by atoms with Crippen molar-refractivity contribution in [2.75, 3.05) is 13.1 Å². The maximum absolute atomic E-state index is 10.7. The third-order valence-electron chi connectivity index (χ3n) is 1.64. The Morgan fingerprint density at radius 3 is 2.50 bits per heavy atom. The minimum atomic E-state index is -0.340. The summed E-state index contributed by atoms with van der Waals surface area (Å²) in [5.74, 6) is 0. The second-order valence-corrected chi connectivity index (χ2v) is 2.55. The molecule has 1 aliphatic rings. The van der Waals surface area contributed by atoms with Gasteiger partial charge in [-0.05, 0) is 12.8 Å². The average Bonchev–Trinajstić information content (AvgIpc) is 2.63. The Labute approximate surface area is 60.2 Å². The zero-order valence-electron chi connectivity index (χ0n) is 5.92. The minimum absolute atomic E-state index is 0.340. The molecular formula is C6H13N3O. The quantitative estimate of drug-likeness (QED) is 0.558. The van der Waals surface area contributed by atoms with Gasteiger partial charge in [0.05, 0.1) is 0 Å². The van der Waals surface area contributed by atoms with Crippen LogP contribution in [0.25, 0.3) is 0 Å². The lowest BCUT2D eigenvalue weighted by molar-refractivity contribution is 0.206. The largest absolute Gasteiger partial charge is 0.351 e. The van der Waals surface area contributed by atoms with E-state index in [-0.39, 0.29) is 6.03 Å². The summed E-state index contributed by atoms with van der Waals surface area (Å²) in [4.78, 5) is 12.3. The van der Waals surface area contributed by atoms with Crippen LogP contribution in [0.15, 0.2) is 0 Å². The van der Waals surface area contributed by atoms with Gasteiger partial charge in [0.2, 0.25) is 0 Å². The summed E-state index contributed by atoms with van der Waals surface area (Å²) in [6.45, 7) is 1.10. The highest BCUT2D eigenvalue weighted by molar-refractivity contribution is 5.72. The molecule has 0 saturated heterocycles. The normalized spacial score (nSPS) is 16.9. The molecule has 4 heteroatoms.